The monoisotopic (exact) mass is 742 g/mol. The first-order valence-corrected chi connectivity index (χ1v) is 19.9. The van der Waals surface area contributed by atoms with E-state index in [1.54, 1.807) is 11.8 Å². The van der Waals surface area contributed by atoms with Crippen molar-refractivity contribution in [3.05, 3.63) is 142 Å². The molecular weight excluding hydrogens is 693 g/mol. The Balaban J connectivity index is 0.00000140. The lowest BCUT2D eigenvalue weighted by molar-refractivity contribution is 0.590. The van der Waals surface area contributed by atoms with Crippen molar-refractivity contribution in [1.29, 1.82) is 10.5 Å². The molecule has 7 rings (SSSR count). The summed E-state index contributed by atoms with van der Waals surface area (Å²) < 4.78 is 0. The first-order chi connectivity index (χ1) is 26.7. The number of para-hydroxylation sites is 2. The van der Waals surface area contributed by atoms with Crippen LogP contribution in [0.5, 0.6) is 0 Å². The number of hydrogen-bond acceptors (Lipinski definition) is 4. The van der Waals surface area contributed by atoms with Crippen molar-refractivity contribution in [3.8, 4) is 34.7 Å². The highest BCUT2D eigenvalue weighted by atomic mass is 32.2. The number of nitrogens with one attached hydrogen (secondary N) is 3. The maximum atomic E-state index is 11.0. The lowest BCUT2D eigenvalue weighted by Crippen LogP contribution is -2.12. The Morgan fingerprint density at radius 1 is 0.709 bits per heavy atom. The van der Waals surface area contributed by atoms with E-state index in [9.17, 15) is 10.5 Å². The van der Waals surface area contributed by atoms with E-state index in [2.05, 4.69) is 104 Å². The molecule has 7 heteroatoms. The highest BCUT2D eigenvalue weighted by Gasteiger charge is 2.24. The van der Waals surface area contributed by atoms with Crippen molar-refractivity contribution in [2.75, 3.05) is 0 Å². The van der Waals surface area contributed by atoms with Gasteiger partial charge < -0.3 is 15.0 Å². The van der Waals surface area contributed by atoms with Gasteiger partial charge in [-0.25, -0.2) is 4.98 Å². The number of aromatic amines is 3. The summed E-state index contributed by atoms with van der Waals surface area (Å²) in [5.74, 6) is 0.476. The molecule has 0 aliphatic carbocycles. The SMILES string of the molecule is CC.CC.CC/C=C(Sc1ccccc1C)\C(C#N)=c1/[nH]c(-c2ccc(C(C)(C)C)cc2)c2/c(=C(\C#N)c3nc4ccccc4[nH]3)[nH]c(-c3ccccc3)c12. The van der Waals surface area contributed by atoms with Gasteiger partial charge in [0, 0.05) is 20.6 Å². The number of fused-ring (bicyclic) bond motifs is 2. The molecule has 4 aromatic carbocycles. The third-order valence-electron chi connectivity index (χ3n) is 9.15. The van der Waals surface area contributed by atoms with Crippen LogP contribution in [0.3, 0.4) is 0 Å². The molecule has 0 spiro atoms. The number of thioether (sulfide) groups is 1. The van der Waals surface area contributed by atoms with Crippen LogP contribution >= 0.6 is 11.8 Å². The van der Waals surface area contributed by atoms with Crippen LogP contribution in [0.2, 0.25) is 0 Å². The van der Waals surface area contributed by atoms with Crippen molar-refractivity contribution in [1.82, 2.24) is 19.9 Å². The topological polar surface area (TPSA) is 108 Å². The lowest BCUT2D eigenvalue weighted by atomic mass is 9.86. The number of aryl methyl sites for hydroxylation is 1. The second-order valence-electron chi connectivity index (χ2n) is 13.6. The molecular formula is C48H50N6S. The zero-order chi connectivity index (χ0) is 39.7. The summed E-state index contributed by atoms with van der Waals surface area (Å²) in [6, 6.07) is 39.8. The molecule has 0 amide bonds. The number of aromatic nitrogens is 4. The zero-order valence-corrected chi connectivity index (χ0v) is 34.2. The molecule has 6 nitrogen and oxygen atoms in total. The fraction of sp³-hybridized carbons (Fsp3) is 0.229. The van der Waals surface area contributed by atoms with Crippen LogP contribution in [0, 0.1) is 29.6 Å². The summed E-state index contributed by atoms with van der Waals surface area (Å²) in [6.07, 6.45) is 2.88. The van der Waals surface area contributed by atoms with E-state index in [1.807, 2.05) is 94.4 Å². The fourth-order valence-electron chi connectivity index (χ4n) is 6.50. The summed E-state index contributed by atoms with van der Waals surface area (Å²) >= 11 is 1.60. The number of allylic oxidation sites excluding steroid dienone is 2. The number of imidazole rings is 1. The number of hydrogen-bond donors (Lipinski definition) is 3. The van der Waals surface area contributed by atoms with Crippen LogP contribution in [-0.2, 0) is 5.41 Å². The molecule has 0 unspecified atom stereocenters. The summed E-state index contributed by atoms with van der Waals surface area (Å²) in [5.41, 5.74) is 8.42. The molecule has 0 saturated heterocycles. The van der Waals surface area contributed by atoms with Crippen LogP contribution in [-0.4, -0.2) is 19.9 Å². The lowest BCUT2D eigenvalue weighted by Gasteiger charge is -2.19. The summed E-state index contributed by atoms with van der Waals surface area (Å²) in [7, 11) is 0. The summed E-state index contributed by atoms with van der Waals surface area (Å²) in [6.45, 7) is 18.8. The summed E-state index contributed by atoms with van der Waals surface area (Å²) in [5, 5.41) is 24.9. The van der Waals surface area contributed by atoms with E-state index in [0.29, 0.717) is 27.7 Å². The van der Waals surface area contributed by atoms with Crippen molar-refractivity contribution in [2.45, 2.75) is 79.0 Å². The van der Waals surface area contributed by atoms with Crippen molar-refractivity contribution in [2.24, 2.45) is 0 Å². The van der Waals surface area contributed by atoms with Gasteiger partial charge in [0.25, 0.3) is 0 Å². The van der Waals surface area contributed by atoms with Gasteiger partial charge in [0.1, 0.15) is 17.7 Å². The quantitative estimate of drug-likeness (QED) is 0.141. The number of H-pyrrole nitrogens is 3. The van der Waals surface area contributed by atoms with E-state index in [1.165, 1.54) is 5.56 Å². The Bertz CT molecular complexity index is 2620. The number of benzene rings is 4. The first kappa shape index (κ1) is 40.2. The normalized spacial score (nSPS) is 12.5. The van der Waals surface area contributed by atoms with Gasteiger partial charge >= 0.3 is 0 Å². The van der Waals surface area contributed by atoms with Crippen LogP contribution in [0.15, 0.2) is 119 Å². The molecule has 0 bridgehead atoms. The van der Waals surface area contributed by atoms with Gasteiger partial charge in [-0.1, -0.05) is 158 Å². The van der Waals surface area contributed by atoms with Crippen LogP contribution < -0.4 is 10.7 Å². The molecule has 0 atom stereocenters. The molecule has 55 heavy (non-hydrogen) atoms. The average molecular weight is 743 g/mol. The molecule has 7 aromatic rings. The molecule has 0 saturated carbocycles. The molecule has 3 aromatic heterocycles. The number of nitriles is 2. The molecule has 0 fully saturated rings. The minimum atomic E-state index is -0.0219. The van der Waals surface area contributed by atoms with Crippen molar-refractivity contribution >= 4 is 44.7 Å². The van der Waals surface area contributed by atoms with Crippen molar-refractivity contribution in [3.63, 3.8) is 0 Å². The van der Waals surface area contributed by atoms with Gasteiger partial charge in [-0.05, 0) is 59.2 Å². The van der Waals surface area contributed by atoms with E-state index in [4.69, 9.17) is 4.98 Å². The number of rotatable bonds is 7. The summed E-state index contributed by atoms with van der Waals surface area (Å²) in [4.78, 5) is 17.6. The Kier molecular flexibility index (Phi) is 13.1. The fourth-order valence-corrected chi connectivity index (χ4v) is 7.61. The maximum Gasteiger partial charge on any atom is 0.151 e. The Hall–Kier alpha value is -6.02. The standard InChI is InChI=1S/C44H38N6S.2C2H6/c1-6-14-36(51-35-20-13-10-15-27(35)2)31(25-45)41-37-38(40(49-41)29-21-23-30(24-22-29)44(3,4)5)42(50-39(37)28-16-8-7-9-17-28)32(26-46)43-47-33-18-11-12-19-34(33)48-43;2*1-2/h7-24,49-50H,6H2,1-5H3,(H,47,48);2*1-2H3/b36-14+,41-31-,42-32-;;. The van der Waals surface area contributed by atoms with Gasteiger partial charge in [0.2, 0.25) is 0 Å². The van der Waals surface area contributed by atoms with Gasteiger partial charge in [-0.15, -0.1) is 0 Å². The van der Waals surface area contributed by atoms with Crippen LogP contribution in [0.25, 0.3) is 55.5 Å². The molecule has 0 aliphatic rings. The van der Waals surface area contributed by atoms with E-state index in [-0.39, 0.29) is 5.41 Å². The Morgan fingerprint density at radius 3 is 1.89 bits per heavy atom. The second-order valence-corrected chi connectivity index (χ2v) is 14.7. The largest absolute Gasteiger partial charge is 0.353 e. The van der Waals surface area contributed by atoms with E-state index in [0.717, 1.165) is 66.1 Å². The Morgan fingerprint density at radius 2 is 1.29 bits per heavy atom. The van der Waals surface area contributed by atoms with Crippen LogP contribution in [0.4, 0.5) is 0 Å². The second kappa shape index (κ2) is 17.9. The van der Waals surface area contributed by atoms with E-state index >= 15 is 0 Å². The highest BCUT2D eigenvalue weighted by molar-refractivity contribution is 8.03. The highest BCUT2D eigenvalue weighted by Crippen LogP contribution is 2.37. The predicted molar refractivity (Wildman–Crippen MR) is 233 cm³/mol. The zero-order valence-electron chi connectivity index (χ0n) is 33.3. The Labute approximate surface area is 329 Å². The minimum Gasteiger partial charge on any atom is -0.353 e. The molecule has 0 radical (unpaired) electrons. The molecule has 3 N–H and O–H groups in total. The van der Waals surface area contributed by atoms with Gasteiger partial charge in [0.15, 0.2) is 5.82 Å². The van der Waals surface area contributed by atoms with E-state index < -0.39 is 0 Å². The first-order valence-electron chi connectivity index (χ1n) is 19.1. The minimum absolute atomic E-state index is 0.0219. The van der Waals surface area contributed by atoms with Crippen molar-refractivity contribution < 1.29 is 0 Å². The van der Waals surface area contributed by atoms with Gasteiger partial charge in [0.05, 0.1) is 38.7 Å². The average Bonchev–Trinajstić information content (AvgIpc) is 3.92. The van der Waals surface area contributed by atoms with Crippen LogP contribution in [0.1, 0.15) is 78.8 Å². The van der Waals surface area contributed by atoms with Gasteiger partial charge in [-0.3, -0.25) is 0 Å². The predicted octanol–water partition coefficient (Wildman–Crippen LogP) is 11.8. The maximum absolute atomic E-state index is 11.0. The molecule has 0 aliphatic heterocycles. The number of nitrogens with zero attached hydrogens (tertiary/aromatic N) is 3. The smallest absolute Gasteiger partial charge is 0.151 e. The molecule has 3 heterocycles. The van der Waals surface area contributed by atoms with Gasteiger partial charge in [-0.2, -0.15) is 10.5 Å². The third kappa shape index (κ3) is 8.24. The molecule has 278 valence electrons. The third-order valence-corrected chi connectivity index (χ3v) is 10.4.